The zero-order chi connectivity index (χ0) is 19.1. The first-order chi connectivity index (χ1) is 13.2. The molecule has 5 nitrogen and oxygen atoms in total. The summed E-state index contributed by atoms with van der Waals surface area (Å²) in [5.74, 6) is 0.783. The van der Waals surface area contributed by atoms with E-state index in [1.54, 1.807) is 7.05 Å². The second kappa shape index (κ2) is 9.29. The van der Waals surface area contributed by atoms with Gasteiger partial charge in [0.2, 0.25) is 0 Å². The van der Waals surface area contributed by atoms with Crippen LogP contribution in [0.4, 0.5) is 5.69 Å². The second-order valence-corrected chi connectivity index (χ2v) is 7.02. The summed E-state index contributed by atoms with van der Waals surface area (Å²) in [6.07, 6.45) is 2.20. The number of hydrogen-bond acceptors (Lipinski definition) is 3. The molecule has 2 aromatic carbocycles. The number of aliphatic imine (C=N–C) groups is 1. The van der Waals surface area contributed by atoms with Crippen molar-refractivity contribution in [3.05, 3.63) is 64.7 Å². The van der Waals surface area contributed by atoms with Crippen LogP contribution in [0.1, 0.15) is 24.0 Å². The number of guanidine groups is 1. The summed E-state index contributed by atoms with van der Waals surface area (Å²) in [6.45, 7) is 2.56. The largest absolute Gasteiger partial charge is 0.368 e. The highest BCUT2D eigenvalue weighted by molar-refractivity contribution is 6.33. The number of benzene rings is 2. The SMILES string of the molecule is CN=C(NCc1ccc(C#N)cc1)NC1CCCN(c2ccccc2Cl)C1. The minimum atomic E-state index is 0.308. The molecular formula is C21H24ClN5. The molecule has 6 heteroatoms. The molecule has 27 heavy (non-hydrogen) atoms. The highest BCUT2D eigenvalue weighted by Crippen LogP contribution is 2.27. The fourth-order valence-corrected chi connectivity index (χ4v) is 3.55. The van der Waals surface area contributed by atoms with Gasteiger partial charge in [0.05, 0.1) is 22.3 Å². The lowest BCUT2D eigenvalue weighted by Gasteiger charge is -2.35. The molecule has 0 radical (unpaired) electrons. The predicted octanol–water partition coefficient (Wildman–Crippen LogP) is 3.55. The van der Waals surface area contributed by atoms with E-state index >= 15 is 0 Å². The van der Waals surface area contributed by atoms with Crippen LogP contribution in [-0.2, 0) is 6.54 Å². The maximum absolute atomic E-state index is 8.88. The normalized spacial score (nSPS) is 17.3. The molecule has 1 fully saturated rings. The summed E-state index contributed by atoms with van der Waals surface area (Å²) in [7, 11) is 1.78. The number of rotatable bonds is 4. The molecule has 1 unspecified atom stereocenters. The molecule has 1 saturated heterocycles. The Labute approximate surface area is 165 Å². The van der Waals surface area contributed by atoms with Crippen molar-refractivity contribution in [2.24, 2.45) is 4.99 Å². The van der Waals surface area contributed by atoms with Crippen molar-refractivity contribution in [1.82, 2.24) is 10.6 Å². The Hall–Kier alpha value is -2.71. The van der Waals surface area contributed by atoms with Crippen LogP contribution in [0, 0.1) is 11.3 Å². The Bertz CT molecular complexity index is 825. The standard InChI is InChI=1S/C21H24ClN5/c1-24-21(25-14-17-10-8-16(13-23)9-11-17)26-18-5-4-12-27(15-18)20-7-3-2-6-19(20)22/h2-3,6-11,18H,4-5,12,14-15H2,1H3,(H2,24,25,26). The van der Waals surface area contributed by atoms with Crippen molar-refractivity contribution in [3.8, 4) is 6.07 Å². The van der Waals surface area contributed by atoms with Gasteiger partial charge in [-0.3, -0.25) is 4.99 Å². The van der Waals surface area contributed by atoms with Crippen LogP contribution in [0.25, 0.3) is 0 Å². The highest BCUT2D eigenvalue weighted by atomic mass is 35.5. The Morgan fingerprint density at radius 1 is 1.26 bits per heavy atom. The van der Waals surface area contributed by atoms with Gasteiger partial charge in [-0.15, -0.1) is 0 Å². The van der Waals surface area contributed by atoms with Crippen LogP contribution in [0.5, 0.6) is 0 Å². The third-order valence-electron chi connectivity index (χ3n) is 4.72. The Kier molecular flexibility index (Phi) is 6.56. The number of halogens is 1. The predicted molar refractivity (Wildman–Crippen MR) is 111 cm³/mol. The Morgan fingerprint density at radius 2 is 2.04 bits per heavy atom. The third kappa shape index (κ3) is 5.15. The molecule has 0 amide bonds. The van der Waals surface area contributed by atoms with Gasteiger partial charge < -0.3 is 15.5 Å². The van der Waals surface area contributed by atoms with E-state index < -0.39 is 0 Å². The van der Waals surface area contributed by atoms with Gasteiger partial charge in [-0.2, -0.15) is 5.26 Å². The van der Waals surface area contributed by atoms with Crippen molar-refractivity contribution in [2.75, 3.05) is 25.0 Å². The molecule has 0 spiro atoms. The maximum Gasteiger partial charge on any atom is 0.191 e. The lowest BCUT2D eigenvalue weighted by Crippen LogP contribution is -2.51. The average molecular weight is 382 g/mol. The van der Waals surface area contributed by atoms with Gasteiger partial charge in [-0.1, -0.05) is 35.9 Å². The molecule has 1 aliphatic rings. The average Bonchev–Trinajstić information content (AvgIpc) is 2.72. The molecule has 1 aliphatic heterocycles. The third-order valence-corrected chi connectivity index (χ3v) is 5.04. The van der Waals surface area contributed by atoms with Crippen LogP contribution in [0.15, 0.2) is 53.5 Å². The first-order valence-electron chi connectivity index (χ1n) is 9.15. The number of nitriles is 1. The van der Waals surface area contributed by atoms with Crippen LogP contribution in [0.2, 0.25) is 5.02 Å². The van der Waals surface area contributed by atoms with E-state index in [0.29, 0.717) is 18.2 Å². The van der Waals surface area contributed by atoms with E-state index in [4.69, 9.17) is 16.9 Å². The minimum absolute atomic E-state index is 0.308. The van der Waals surface area contributed by atoms with E-state index in [2.05, 4.69) is 32.7 Å². The van der Waals surface area contributed by atoms with E-state index in [0.717, 1.165) is 48.2 Å². The van der Waals surface area contributed by atoms with Gasteiger partial charge in [-0.05, 0) is 42.7 Å². The maximum atomic E-state index is 8.88. The highest BCUT2D eigenvalue weighted by Gasteiger charge is 2.22. The zero-order valence-electron chi connectivity index (χ0n) is 15.5. The van der Waals surface area contributed by atoms with E-state index in [-0.39, 0.29) is 0 Å². The summed E-state index contributed by atoms with van der Waals surface area (Å²) in [5, 5.41) is 16.5. The van der Waals surface area contributed by atoms with Gasteiger partial charge in [0, 0.05) is 32.7 Å². The number of nitrogens with zero attached hydrogens (tertiary/aromatic N) is 3. The van der Waals surface area contributed by atoms with Crippen molar-refractivity contribution >= 4 is 23.2 Å². The Morgan fingerprint density at radius 3 is 2.74 bits per heavy atom. The summed E-state index contributed by atoms with van der Waals surface area (Å²) in [6, 6.07) is 18.0. The molecule has 3 rings (SSSR count). The molecule has 1 atom stereocenters. The quantitative estimate of drug-likeness (QED) is 0.628. The first kappa shape index (κ1) is 19.1. The summed E-state index contributed by atoms with van der Waals surface area (Å²) in [5.41, 5.74) is 2.87. The van der Waals surface area contributed by atoms with Gasteiger partial charge in [-0.25, -0.2) is 0 Å². The monoisotopic (exact) mass is 381 g/mol. The first-order valence-corrected chi connectivity index (χ1v) is 9.53. The molecular weight excluding hydrogens is 358 g/mol. The van der Waals surface area contributed by atoms with Gasteiger partial charge in [0.1, 0.15) is 0 Å². The molecule has 0 saturated carbocycles. The summed E-state index contributed by atoms with van der Waals surface area (Å²) < 4.78 is 0. The molecule has 1 heterocycles. The summed E-state index contributed by atoms with van der Waals surface area (Å²) in [4.78, 5) is 6.67. The number of para-hydroxylation sites is 1. The number of nitrogens with one attached hydrogen (secondary N) is 2. The smallest absolute Gasteiger partial charge is 0.191 e. The zero-order valence-corrected chi connectivity index (χ0v) is 16.2. The van der Waals surface area contributed by atoms with Crippen molar-refractivity contribution in [2.45, 2.75) is 25.4 Å². The van der Waals surface area contributed by atoms with Crippen molar-refractivity contribution < 1.29 is 0 Å². The van der Waals surface area contributed by atoms with Crippen LogP contribution in [-0.4, -0.2) is 32.1 Å². The van der Waals surface area contributed by atoms with Crippen LogP contribution < -0.4 is 15.5 Å². The lowest BCUT2D eigenvalue weighted by molar-refractivity contribution is 0.468. The van der Waals surface area contributed by atoms with E-state index in [9.17, 15) is 0 Å². The minimum Gasteiger partial charge on any atom is -0.368 e. The fraction of sp³-hybridized carbons (Fsp3) is 0.333. The van der Waals surface area contributed by atoms with Crippen LogP contribution in [0.3, 0.4) is 0 Å². The fourth-order valence-electron chi connectivity index (χ4n) is 3.29. The van der Waals surface area contributed by atoms with Gasteiger partial charge in [0.25, 0.3) is 0 Å². The second-order valence-electron chi connectivity index (χ2n) is 6.62. The van der Waals surface area contributed by atoms with E-state index in [1.807, 2.05) is 42.5 Å². The molecule has 0 aromatic heterocycles. The Balaban J connectivity index is 1.56. The van der Waals surface area contributed by atoms with Gasteiger partial charge >= 0.3 is 0 Å². The number of hydrogen-bond donors (Lipinski definition) is 2. The van der Waals surface area contributed by atoms with E-state index in [1.165, 1.54) is 0 Å². The molecule has 2 aromatic rings. The van der Waals surface area contributed by atoms with Crippen molar-refractivity contribution in [1.29, 1.82) is 5.26 Å². The van der Waals surface area contributed by atoms with Crippen molar-refractivity contribution in [3.63, 3.8) is 0 Å². The number of anilines is 1. The molecule has 0 aliphatic carbocycles. The van der Waals surface area contributed by atoms with Gasteiger partial charge in [0.15, 0.2) is 5.96 Å². The molecule has 2 N–H and O–H groups in total. The summed E-state index contributed by atoms with van der Waals surface area (Å²) >= 11 is 6.36. The molecule has 140 valence electrons. The molecule has 0 bridgehead atoms. The lowest BCUT2D eigenvalue weighted by atomic mass is 10.0. The van der Waals surface area contributed by atoms with Crippen LogP contribution >= 0.6 is 11.6 Å². The number of piperidine rings is 1. The topological polar surface area (TPSA) is 63.5 Å².